The smallest absolute Gasteiger partial charge is 0.251 e. The molecule has 0 aliphatic heterocycles. The Morgan fingerprint density at radius 2 is 1.80 bits per heavy atom. The van der Waals surface area contributed by atoms with Crippen molar-refractivity contribution < 1.29 is 9.59 Å². The average Bonchev–Trinajstić information content (AvgIpc) is 2.44. The van der Waals surface area contributed by atoms with E-state index in [1.165, 1.54) is 0 Å². The third kappa shape index (κ3) is 4.66. The minimum atomic E-state index is -0.475. The van der Waals surface area contributed by atoms with Crippen molar-refractivity contribution in [2.45, 2.75) is 32.7 Å². The molecule has 4 N–H and O–H groups in total. The van der Waals surface area contributed by atoms with Gasteiger partial charge in [-0.3, -0.25) is 9.59 Å². The molecule has 0 bridgehead atoms. The third-order valence-corrected chi connectivity index (χ3v) is 2.88. The highest BCUT2D eigenvalue weighted by Crippen LogP contribution is 2.08. The summed E-state index contributed by atoms with van der Waals surface area (Å²) in [5, 5.41) is 5.62. The average molecular weight is 277 g/mol. The summed E-state index contributed by atoms with van der Waals surface area (Å²) in [5.74, 6) is -0.398. The van der Waals surface area contributed by atoms with Crippen molar-refractivity contribution in [3.63, 3.8) is 0 Å². The first kappa shape index (κ1) is 16.2. The van der Waals surface area contributed by atoms with Gasteiger partial charge in [-0.1, -0.05) is 13.0 Å². The summed E-state index contributed by atoms with van der Waals surface area (Å²) in [6, 6.07) is 6.66. The number of amides is 2. The van der Waals surface area contributed by atoms with Gasteiger partial charge in [-0.05, 0) is 38.5 Å². The van der Waals surface area contributed by atoms with E-state index < -0.39 is 5.54 Å². The predicted molar refractivity (Wildman–Crippen MR) is 79.7 cm³/mol. The molecule has 0 aliphatic rings. The van der Waals surface area contributed by atoms with Gasteiger partial charge in [0.25, 0.3) is 11.8 Å². The summed E-state index contributed by atoms with van der Waals surface area (Å²) in [6.45, 7) is 6.65. The normalized spacial score (nSPS) is 11.0. The van der Waals surface area contributed by atoms with Gasteiger partial charge in [0.1, 0.15) is 0 Å². The number of nitrogens with one attached hydrogen (secondary N) is 2. The van der Waals surface area contributed by atoms with Crippen LogP contribution >= 0.6 is 0 Å². The van der Waals surface area contributed by atoms with Gasteiger partial charge in [0, 0.05) is 29.8 Å². The van der Waals surface area contributed by atoms with Crippen LogP contribution in [0.3, 0.4) is 0 Å². The number of carbonyl (C=O) groups excluding carboxylic acids is 2. The molecule has 20 heavy (non-hydrogen) atoms. The molecule has 0 heterocycles. The highest BCUT2D eigenvalue weighted by Gasteiger charge is 2.19. The number of rotatable bonds is 6. The maximum absolute atomic E-state index is 12.1. The second-order valence-electron chi connectivity index (χ2n) is 5.38. The van der Waals surface area contributed by atoms with Gasteiger partial charge in [-0.2, -0.15) is 0 Å². The van der Waals surface area contributed by atoms with E-state index in [1.54, 1.807) is 24.3 Å². The summed E-state index contributed by atoms with van der Waals surface area (Å²) < 4.78 is 0. The molecule has 0 unspecified atom stereocenters. The Bertz CT molecular complexity index is 484. The summed E-state index contributed by atoms with van der Waals surface area (Å²) in [4.78, 5) is 24.0. The zero-order valence-electron chi connectivity index (χ0n) is 12.3. The molecule has 110 valence electrons. The van der Waals surface area contributed by atoms with Crippen LogP contribution in [0.25, 0.3) is 0 Å². The fraction of sp³-hybridized carbons (Fsp3) is 0.467. The fourth-order valence-electron chi connectivity index (χ4n) is 1.57. The molecule has 0 spiro atoms. The zero-order valence-corrected chi connectivity index (χ0v) is 12.3. The summed E-state index contributed by atoms with van der Waals surface area (Å²) in [6.07, 6.45) is 0.872. The first-order valence-electron chi connectivity index (χ1n) is 6.80. The second kappa shape index (κ2) is 7.05. The lowest BCUT2D eigenvalue weighted by Gasteiger charge is -2.24. The third-order valence-electron chi connectivity index (χ3n) is 2.88. The molecule has 1 aromatic rings. The molecule has 0 radical (unpaired) electrons. The first-order chi connectivity index (χ1) is 9.39. The molecule has 1 aromatic carbocycles. The largest absolute Gasteiger partial charge is 0.352 e. The van der Waals surface area contributed by atoms with E-state index in [9.17, 15) is 9.59 Å². The molecular weight excluding hydrogens is 254 g/mol. The quantitative estimate of drug-likeness (QED) is 0.732. The molecule has 5 heteroatoms. The van der Waals surface area contributed by atoms with E-state index in [2.05, 4.69) is 10.6 Å². The van der Waals surface area contributed by atoms with E-state index in [4.69, 9.17) is 5.73 Å². The van der Waals surface area contributed by atoms with Crippen molar-refractivity contribution in [3.05, 3.63) is 35.4 Å². The van der Waals surface area contributed by atoms with Gasteiger partial charge in [0.2, 0.25) is 0 Å². The van der Waals surface area contributed by atoms with Crippen LogP contribution in [-0.4, -0.2) is 30.4 Å². The van der Waals surface area contributed by atoms with Crippen LogP contribution in [0.2, 0.25) is 0 Å². The highest BCUT2D eigenvalue weighted by molar-refractivity contribution is 5.99. The molecule has 0 atom stereocenters. The Balaban J connectivity index is 2.82. The lowest BCUT2D eigenvalue weighted by Crippen LogP contribution is -2.48. The van der Waals surface area contributed by atoms with Crippen molar-refractivity contribution in [1.82, 2.24) is 10.6 Å². The van der Waals surface area contributed by atoms with Crippen molar-refractivity contribution in [2.75, 3.05) is 13.1 Å². The molecule has 0 aliphatic carbocycles. The lowest BCUT2D eigenvalue weighted by atomic mass is 10.0. The van der Waals surface area contributed by atoms with E-state index >= 15 is 0 Å². The number of benzene rings is 1. The molecule has 0 saturated heterocycles. The minimum Gasteiger partial charge on any atom is -0.352 e. The van der Waals surface area contributed by atoms with E-state index in [1.807, 2.05) is 20.8 Å². The van der Waals surface area contributed by atoms with Crippen molar-refractivity contribution in [2.24, 2.45) is 5.73 Å². The van der Waals surface area contributed by atoms with Gasteiger partial charge < -0.3 is 16.4 Å². The topological polar surface area (TPSA) is 84.2 Å². The van der Waals surface area contributed by atoms with Crippen LogP contribution in [0.15, 0.2) is 24.3 Å². The second-order valence-corrected chi connectivity index (χ2v) is 5.38. The molecule has 0 fully saturated rings. The fourth-order valence-corrected chi connectivity index (χ4v) is 1.57. The van der Waals surface area contributed by atoms with Crippen molar-refractivity contribution >= 4 is 11.8 Å². The predicted octanol–water partition coefficient (Wildman–Crippen LogP) is 1.29. The molecular formula is C15H23N3O2. The van der Waals surface area contributed by atoms with E-state index in [0.717, 1.165) is 6.42 Å². The number of hydrogen-bond donors (Lipinski definition) is 3. The summed E-state index contributed by atoms with van der Waals surface area (Å²) >= 11 is 0. The standard InChI is InChI=1S/C15H23N3O2/c1-4-8-17-13(19)11-6-5-7-12(9-11)14(20)18-15(2,3)10-16/h5-7,9H,4,8,10,16H2,1-3H3,(H,17,19)(H,18,20). The van der Waals surface area contributed by atoms with Gasteiger partial charge in [0.05, 0.1) is 0 Å². The lowest BCUT2D eigenvalue weighted by molar-refractivity contribution is 0.0915. The monoisotopic (exact) mass is 277 g/mol. The number of nitrogens with two attached hydrogens (primary N) is 1. The molecule has 5 nitrogen and oxygen atoms in total. The maximum atomic E-state index is 12.1. The van der Waals surface area contributed by atoms with Crippen LogP contribution in [0.5, 0.6) is 0 Å². The Labute approximate surface area is 119 Å². The van der Waals surface area contributed by atoms with Gasteiger partial charge in [0.15, 0.2) is 0 Å². The number of carbonyl (C=O) groups is 2. The van der Waals surface area contributed by atoms with Crippen LogP contribution in [0.4, 0.5) is 0 Å². The van der Waals surface area contributed by atoms with Gasteiger partial charge >= 0.3 is 0 Å². The Morgan fingerprint density at radius 3 is 2.35 bits per heavy atom. The summed E-state index contributed by atoms with van der Waals surface area (Å²) in [7, 11) is 0. The molecule has 0 aromatic heterocycles. The van der Waals surface area contributed by atoms with Crippen molar-refractivity contribution in [1.29, 1.82) is 0 Å². The van der Waals surface area contributed by atoms with Crippen LogP contribution in [-0.2, 0) is 0 Å². The maximum Gasteiger partial charge on any atom is 0.251 e. The molecule has 1 rings (SSSR count). The SMILES string of the molecule is CCCNC(=O)c1cccc(C(=O)NC(C)(C)CN)c1. The zero-order chi connectivity index (χ0) is 15.2. The highest BCUT2D eigenvalue weighted by atomic mass is 16.2. The van der Waals surface area contributed by atoms with Crippen LogP contribution in [0, 0.1) is 0 Å². The molecule has 0 saturated carbocycles. The summed E-state index contributed by atoms with van der Waals surface area (Å²) in [5.41, 5.74) is 6.05. The number of hydrogen-bond acceptors (Lipinski definition) is 3. The van der Waals surface area contributed by atoms with Gasteiger partial charge in [-0.25, -0.2) is 0 Å². The Kier molecular flexibility index (Phi) is 5.70. The minimum absolute atomic E-state index is 0.167. The van der Waals surface area contributed by atoms with Crippen molar-refractivity contribution in [3.8, 4) is 0 Å². The van der Waals surface area contributed by atoms with E-state index in [-0.39, 0.29) is 11.8 Å². The van der Waals surface area contributed by atoms with Crippen LogP contribution < -0.4 is 16.4 Å². The Hall–Kier alpha value is -1.88. The van der Waals surface area contributed by atoms with Gasteiger partial charge in [-0.15, -0.1) is 0 Å². The first-order valence-corrected chi connectivity index (χ1v) is 6.80. The molecule has 2 amide bonds. The van der Waals surface area contributed by atoms with Crippen LogP contribution in [0.1, 0.15) is 47.9 Å². The Morgan fingerprint density at radius 1 is 1.20 bits per heavy atom. The van der Waals surface area contributed by atoms with E-state index in [0.29, 0.717) is 24.2 Å².